The first kappa shape index (κ1) is 27.2. The lowest BCUT2D eigenvalue weighted by Crippen LogP contribution is -2.41. The first-order valence-electron chi connectivity index (χ1n) is 12.7. The number of piperidine rings is 1. The Bertz CT molecular complexity index is 1190. The number of anilines is 1. The van der Waals surface area contributed by atoms with Crippen LogP contribution >= 0.6 is 0 Å². The summed E-state index contributed by atoms with van der Waals surface area (Å²) in [4.78, 5) is 24.5. The van der Waals surface area contributed by atoms with Gasteiger partial charge in [0.25, 0.3) is 5.91 Å². The van der Waals surface area contributed by atoms with Gasteiger partial charge in [0, 0.05) is 38.1 Å². The van der Waals surface area contributed by atoms with Gasteiger partial charge in [0.05, 0.1) is 10.5 Å². The van der Waals surface area contributed by atoms with Crippen molar-refractivity contribution in [3.63, 3.8) is 0 Å². The zero-order chi connectivity index (χ0) is 26.6. The van der Waals surface area contributed by atoms with Crippen molar-refractivity contribution in [2.45, 2.75) is 32.2 Å². The van der Waals surface area contributed by atoms with Crippen molar-refractivity contribution in [1.29, 1.82) is 0 Å². The highest BCUT2D eigenvalue weighted by atomic mass is 32.2. The van der Waals surface area contributed by atoms with Crippen LogP contribution in [0.4, 0.5) is 5.95 Å². The largest absolute Gasteiger partial charge is 0.340 e. The van der Waals surface area contributed by atoms with E-state index in [9.17, 15) is 13.2 Å². The number of rotatable bonds is 11. The Labute approximate surface area is 219 Å². The number of hydroxylamine groups is 1. The second-order valence-corrected chi connectivity index (χ2v) is 11.8. The van der Waals surface area contributed by atoms with Crippen LogP contribution in [0.5, 0.6) is 0 Å². The second-order valence-electron chi connectivity index (χ2n) is 9.93. The number of hydrogen-bond donors (Lipinski definition) is 2. The van der Waals surface area contributed by atoms with E-state index in [0.29, 0.717) is 36.9 Å². The van der Waals surface area contributed by atoms with E-state index >= 15 is 0 Å². The number of allylic oxidation sites excluding steroid dienone is 7. The van der Waals surface area contributed by atoms with Crippen molar-refractivity contribution in [2.24, 2.45) is 11.8 Å². The van der Waals surface area contributed by atoms with E-state index in [1.165, 1.54) is 12.4 Å². The third-order valence-electron chi connectivity index (χ3n) is 7.00. The molecule has 0 radical (unpaired) electrons. The third kappa shape index (κ3) is 6.18. The Balaban J connectivity index is 1.51. The summed E-state index contributed by atoms with van der Waals surface area (Å²) in [5.41, 5.74) is 2.72. The number of nitrogens with one attached hydrogen (secondary N) is 1. The minimum Gasteiger partial charge on any atom is -0.340 e. The van der Waals surface area contributed by atoms with Gasteiger partial charge in [-0.25, -0.2) is 23.9 Å². The van der Waals surface area contributed by atoms with Crippen LogP contribution in [0.2, 0.25) is 0 Å². The average molecular weight is 529 g/mol. The number of aromatic nitrogens is 2. The van der Waals surface area contributed by atoms with Crippen LogP contribution in [0, 0.1) is 11.8 Å². The Hall–Kier alpha value is -2.86. The molecule has 11 heteroatoms. The van der Waals surface area contributed by atoms with Gasteiger partial charge in [-0.05, 0) is 63.4 Å². The van der Waals surface area contributed by atoms with Crippen molar-refractivity contribution in [3.8, 4) is 0 Å². The highest BCUT2D eigenvalue weighted by molar-refractivity contribution is 7.93. The number of carbonyl (C=O) groups excluding carboxylic acids is 1. The van der Waals surface area contributed by atoms with Crippen LogP contribution in [0.15, 0.2) is 59.3 Å². The molecule has 2 atom stereocenters. The number of fused-ring (bicyclic) bond motifs is 1. The number of sulfonamides is 1. The summed E-state index contributed by atoms with van der Waals surface area (Å²) in [6.45, 7) is 4.55. The number of amides is 1. The molecule has 1 aromatic heterocycles. The van der Waals surface area contributed by atoms with Crippen LogP contribution in [0.3, 0.4) is 0 Å². The maximum atomic E-state index is 14.0. The van der Waals surface area contributed by atoms with Crippen LogP contribution < -0.4 is 10.4 Å². The van der Waals surface area contributed by atoms with E-state index in [4.69, 9.17) is 5.21 Å². The molecule has 2 unspecified atom stereocenters. The minimum absolute atomic E-state index is 0.0525. The average Bonchev–Trinajstić information content (AvgIpc) is 3.35. The summed E-state index contributed by atoms with van der Waals surface area (Å²) >= 11 is 0. The third-order valence-corrected chi connectivity index (χ3v) is 8.92. The molecule has 1 aromatic rings. The van der Waals surface area contributed by atoms with Gasteiger partial charge in [-0.1, -0.05) is 37.3 Å². The van der Waals surface area contributed by atoms with E-state index in [1.807, 2.05) is 62.4 Å². The fraction of sp³-hybridized carbons (Fsp3) is 0.500. The summed E-state index contributed by atoms with van der Waals surface area (Å²) in [7, 11) is 0.310. The SMILES string of the molecule is CC/C=C(\C=C1\C=CC=CC1)S(=O)(=O)N(CCCN(C)C)C1C2CN(c3ncc(C(=O)NO)cn3)CC21. The molecular formula is C26H36N6O4S. The normalized spacial score (nSPS) is 24.3. The lowest BCUT2D eigenvalue weighted by atomic mass is 10.1. The second kappa shape index (κ2) is 11.7. The molecule has 2 heterocycles. The quantitative estimate of drug-likeness (QED) is 0.332. The van der Waals surface area contributed by atoms with Gasteiger partial charge in [0.15, 0.2) is 0 Å². The molecule has 2 fully saturated rings. The molecule has 3 aliphatic rings. The van der Waals surface area contributed by atoms with Crippen molar-refractivity contribution in [1.82, 2.24) is 24.7 Å². The molecule has 4 rings (SSSR count). The topological polar surface area (TPSA) is 119 Å². The minimum atomic E-state index is -3.68. The van der Waals surface area contributed by atoms with Gasteiger partial charge in [-0.15, -0.1) is 0 Å². The standard InChI is InChI=1S/C26H36N6O4S/c1-4-9-21(14-19-10-6-5-7-11-19)37(35,36)32(13-8-12-30(2)3)24-22-17-31(18-23(22)24)26-27-15-20(16-28-26)25(33)29-34/h5-7,9-10,14-16,22-24,34H,4,8,11-13,17-18H2,1-3H3,(H,29,33)/b19-14-,21-9+. The van der Waals surface area contributed by atoms with Crippen molar-refractivity contribution in [2.75, 3.05) is 45.2 Å². The molecule has 1 saturated heterocycles. The summed E-state index contributed by atoms with van der Waals surface area (Å²) in [5.74, 6) is 0.230. The molecule has 0 aromatic carbocycles. The number of hydrogen-bond acceptors (Lipinski definition) is 8. The molecule has 10 nitrogen and oxygen atoms in total. The Morgan fingerprint density at radius 3 is 2.46 bits per heavy atom. The van der Waals surface area contributed by atoms with Crippen molar-refractivity contribution < 1.29 is 18.4 Å². The van der Waals surface area contributed by atoms with Crippen molar-refractivity contribution in [3.05, 3.63) is 64.9 Å². The number of nitrogens with zero attached hydrogens (tertiary/aromatic N) is 5. The van der Waals surface area contributed by atoms with E-state index < -0.39 is 15.9 Å². The zero-order valence-corrected chi connectivity index (χ0v) is 22.4. The zero-order valence-electron chi connectivity index (χ0n) is 21.6. The van der Waals surface area contributed by atoms with Crippen molar-refractivity contribution >= 4 is 21.9 Å². The van der Waals surface area contributed by atoms with E-state index in [-0.39, 0.29) is 23.4 Å². The van der Waals surface area contributed by atoms with Gasteiger partial charge >= 0.3 is 0 Å². The molecule has 0 spiro atoms. The molecule has 0 bridgehead atoms. The molecule has 1 aliphatic heterocycles. The van der Waals surface area contributed by atoms with Gasteiger partial charge in [0.2, 0.25) is 16.0 Å². The molecule has 1 saturated carbocycles. The smallest absolute Gasteiger partial charge is 0.277 e. The predicted octanol–water partition coefficient (Wildman–Crippen LogP) is 2.35. The fourth-order valence-electron chi connectivity index (χ4n) is 5.12. The highest BCUT2D eigenvalue weighted by Crippen LogP contribution is 2.51. The van der Waals surface area contributed by atoms with Gasteiger partial charge in [-0.3, -0.25) is 10.0 Å². The monoisotopic (exact) mass is 528 g/mol. The van der Waals surface area contributed by atoms with Crippen LogP contribution in [0.25, 0.3) is 0 Å². The Morgan fingerprint density at radius 2 is 1.89 bits per heavy atom. The first-order valence-corrected chi connectivity index (χ1v) is 14.1. The summed E-state index contributed by atoms with van der Waals surface area (Å²) < 4.78 is 29.8. The van der Waals surface area contributed by atoms with Crippen LogP contribution in [-0.4, -0.2) is 85.0 Å². The lowest BCUT2D eigenvalue weighted by molar-refractivity contribution is 0.0705. The predicted molar refractivity (Wildman–Crippen MR) is 142 cm³/mol. The molecule has 1 amide bonds. The van der Waals surface area contributed by atoms with Gasteiger partial charge in [0.1, 0.15) is 0 Å². The fourth-order valence-corrected chi connectivity index (χ4v) is 7.07. The molecule has 2 N–H and O–H groups in total. The Morgan fingerprint density at radius 1 is 1.19 bits per heavy atom. The van der Waals surface area contributed by atoms with Crippen LogP contribution in [-0.2, 0) is 10.0 Å². The molecule has 200 valence electrons. The van der Waals surface area contributed by atoms with Crippen LogP contribution in [0.1, 0.15) is 36.5 Å². The van der Waals surface area contributed by atoms with E-state index in [1.54, 1.807) is 9.79 Å². The Kier molecular flexibility index (Phi) is 8.58. The molecular weight excluding hydrogens is 492 g/mol. The van der Waals surface area contributed by atoms with E-state index in [0.717, 1.165) is 25.0 Å². The maximum absolute atomic E-state index is 14.0. The molecule has 2 aliphatic carbocycles. The lowest BCUT2D eigenvalue weighted by Gasteiger charge is -2.28. The van der Waals surface area contributed by atoms with Gasteiger partial charge < -0.3 is 9.80 Å². The summed E-state index contributed by atoms with van der Waals surface area (Å²) in [5, 5.41) is 8.78. The van der Waals surface area contributed by atoms with E-state index in [2.05, 4.69) is 14.9 Å². The summed E-state index contributed by atoms with van der Waals surface area (Å²) in [6, 6.07) is -0.0525. The number of carbonyl (C=O) groups is 1. The first-order chi connectivity index (χ1) is 17.8. The maximum Gasteiger partial charge on any atom is 0.277 e. The van der Waals surface area contributed by atoms with Gasteiger partial charge in [-0.2, -0.15) is 4.31 Å². The molecule has 37 heavy (non-hydrogen) atoms. The highest BCUT2D eigenvalue weighted by Gasteiger charge is 2.61. The summed E-state index contributed by atoms with van der Waals surface area (Å²) in [6.07, 6.45) is 16.4.